The Hall–Kier alpha value is -0.850. The van der Waals surface area contributed by atoms with E-state index in [4.69, 9.17) is 10.5 Å². The second-order valence-electron chi connectivity index (χ2n) is 5.65. The monoisotopic (exact) mass is 305 g/mol. The summed E-state index contributed by atoms with van der Waals surface area (Å²) >= 11 is 0. The van der Waals surface area contributed by atoms with Gasteiger partial charge in [0.15, 0.2) is 0 Å². The fraction of sp³-hybridized carbons (Fsp3) is 0.846. The Morgan fingerprint density at radius 2 is 2.15 bits per heavy atom. The maximum atomic E-state index is 12.2. The molecule has 2 heterocycles. The van der Waals surface area contributed by atoms with E-state index in [1.165, 1.54) is 0 Å². The summed E-state index contributed by atoms with van der Waals surface area (Å²) in [6, 6.07) is 0. The lowest BCUT2D eigenvalue weighted by molar-refractivity contribution is -0.130. The summed E-state index contributed by atoms with van der Waals surface area (Å²) in [6.45, 7) is 3.26. The van der Waals surface area contributed by atoms with Crippen molar-refractivity contribution in [3.8, 4) is 0 Å². The van der Waals surface area contributed by atoms with Crippen LogP contribution in [0.5, 0.6) is 0 Å². The van der Waals surface area contributed by atoms with Gasteiger partial charge < -0.3 is 21.1 Å². The summed E-state index contributed by atoms with van der Waals surface area (Å²) in [5, 5.41) is 6.19. The van der Waals surface area contributed by atoms with Crippen molar-refractivity contribution in [1.82, 2.24) is 10.6 Å². The molecule has 116 valence electrons. The first-order valence-corrected chi connectivity index (χ1v) is 6.99. The van der Waals surface area contributed by atoms with Crippen LogP contribution in [-0.2, 0) is 14.3 Å². The van der Waals surface area contributed by atoms with Crippen molar-refractivity contribution in [2.45, 2.75) is 56.8 Å². The maximum absolute atomic E-state index is 12.2. The van der Waals surface area contributed by atoms with Crippen LogP contribution in [0.2, 0.25) is 0 Å². The number of amides is 2. The van der Waals surface area contributed by atoms with Crippen molar-refractivity contribution in [1.29, 1.82) is 0 Å². The van der Waals surface area contributed by atoms with Crippen LogP contribution in [0.1, 0.15) is 39.0 Å². The molecule has 0 aliphatic carbocycles. The summed E-state index contributed by atoms with van der Waals surface area (Å²) in [6.07, 6.45) is 3.85. The first-order valence-electron chi connectivity index (χ1n) is 6.99. The molecule has 2 saturated heterocycles. The van der Waals surface area contributed by atoms with Crippen LogP contribution in [0, 0.1) is 0 Å². The van der Waals surface area contributed by atoms with Crippen LogP contribution >= 0.6 is 12.4 Å². The molecule has 3 atom stereocenters. The lowest BCUT2D eigenvalue weighted by Crippen LogP contribution is -2.57. The number of ether oxygens (including phenoxy) is 1. The van der Waals surface area contributed by atoms with Gasteiger partial charge in [-0.25, -0.2) is 0 Å². The van der Waals surface area contributed by atoms with Crippen LogP contribution in [0.25, 0.3) is 0 Å². The molecule has 0 aromatic carbocycles. The van der Waals surface area contributed by atoms with Gasteiger partial charge in [-0.2, -0.15) is 0 Å². The Morgan fingerprint density at radius 1 is 1.40 bits per heavy atom. The SMILES string of the molecule is CC1(C(=O)NCC2CCC(C(N)=O)O2)CCCCN1.Cl. The molecule has 20 heavy (non-hydrogen) atoms. The molecule has 0 saturated carbocycles. The summed E-state index contributed by atoms with van der Waals surface area (Å²) < 4.78 is 5.48. The van der Waals surface area contributed by atoms with E-state index in [1.807, 2.05) is 6.92 Å². The van der Waals surface area contributed by atoms with Gasteiger partial charge in [0.25, 0.3) is 0 Å². The number of halogens is 1. The molecular formula is C13H24ClN3O3. The number of nitrogens with two attached hydrogens (primary N) is 1. The molecule has 0 radical (unpaired) electrons. The predicted octanol–water partition coefficient (Wildman–Crippen LogP) is 0.0895. The minimum atomic E-state index is -0.495. The number of piperidine rings is 1. The molecule has 2 rings (SSSR count). The van der Waals surface area contributed by atoms with Gasteiger partial charge in [0.05, 0.1) is 11.6 Å². The number of nitrogens with one attached hydrogen (secondary N) is 2. The minimum absolute atomic E-state index is 0. The Balaban J connectivity index is 0.00000200. The van der Waals surface area contributed by atoms with E-state index in [0.29, 0.717) is 13.0 Å². The number of hydrogen-bond acceptors (Lipinski definition) is 4. The lowest BCUT2D eigenvalue weighted by Gasteiger charge is -2.33. The maximum Gasteiger partial charge on any atom is 0.246 e. The average Bonchev–Trinajstić information content (AvgIpc) is 2.85. The van der Waals surface area contributed by atoms with Crippen LogP contribution in [0.4, 0.5) is 0 Å². The van der Waals surface area contributed by atoms with Gasteiger partial charge >= 0.3 is 0 Å². The van der Waals surface area contributed by atoms with Gasteiger partial charge in [0.2, 0.25) is 11.8 Å². The van der Waals surface area contributed by atoms with Crippen LogP contribution in [0.3, 0.4) is 0 Å². The number of carbonyl (C=O) groups is 2. The minimum Gasteiger partial charge on any atom is -0.367 e. The topological polar surface area (TPSA) is 93.5 Å². The molecule has 0 aromatic rings. The fourth-order valence-electron chi connectivity index (χ4n) is 2.72. The second-order valence-corrected chi connectivity index (χ2v) is 5.65. The van der Waals surface area contributed by atoms with Gasteiger partial charge in [-0.15, -0.1) is 12.4 Å². The molecule has 2 aliphatic heterocycles. The van der Waals surface area contributed by atoms with E-state index in [2.05, 4.69) is 10.6 Å². The van der Waals surface area contributed by atoms with E-state index in [-0.39, 0.29) is 24.4 Å². The first kappa shape index (κ1) is 17.2. The van der Waals surface area contributed by atoms with Crippen molar-refractivity contribution in [3.63, 3.8) is 0 Å². The number of rotatable bonds is 4. The zero-order valence-electron chi connectivity index (χ0n) is 11.8. The molecule has 0 bridgehead atoms. The van der Waals surface area contributed by atoms with Crippen molar-refractivity contribution in [3.05, 3.63) is 0 Å². The Kier molecular flexibility index (Phi) is 6.23. The lowest BCUT2D eigenvalue weighted by atomic mass is 9.90. The van der Waals surface area contributed by atoms with Crippen molar-refractivity contribution in [2.75, 3.05) is 13.1 Å². The number of hydrogen-bond donors (Lipinski definition) is 3. The highest BCUT2D eigenvalue weighted by atomic mass is 35.5. The molecule has 0 spiro atoms. The molecule has 3 unspecified atom stereocenters. The summed E-state index contributed by atoms with van der Waals surface area (Å²) in [4.78, 5) is 23.2. The molecule has 2 fully saturated rings. The zero-order chi connectivity index (χ0) is 13.9. The van der Waals surface area contributed by atoms with Gasteiger partial charge in [0, 0.05) is 6.54 Å². The van der Waals surface area contributed by atoms with E-state index in [9.17, 15) is 9.59 Å². The number of carbonyl (C=O) groups excluding carboxylic acids is 2. The van der Waals surface area contributed by atoms with Gasteiger partial charge in [-0.1, -0.05) is 0 Å². The number of primary amides is 1. The first-order chi connectivity index (χ1) is 9.01. The molecule has 0 aromatic heterocycles. The average molecular weight is 306 g/mol. The van der Waals surface area contributed by atoms with Gasteiger partial charge in [0.1, 0.15) is 6.10 Å². The summed E-state index contributed by atoms with van der Waals surface area (Å²) in [5.41, 5.74) is 4.72. The third-order valence-corrected chi connectivity index (χ3v) is 4.04. The highest BCUT2D eigenvalue weighted by Gasteiger charge is 2.35. The van der Waals surface area contributed by atoms with Gasteiger partial charge in [-0.3, -0.25) is 9.59 Å². The Morgan fingerprint density at radius 3 is 2.70 bits per heavy atom. The second kappa shape index (κ2) is 7.24. The van der Waals surface area contributed by atoms with E-state index >= 15 is 0 Å². The zero-order valence-corrected chi connectivity index (χ0v) is 12.6. The van der Waals surface area contributed by atoms with Crippen LogP contribution < -0.4 is 16.4 Å². The van der Waals surface area contributed by atoms with Gasteiger partial charge in [-0.05, 0) is 45.6 Å². The molecule has 2 aliphatic rings. The third kappa shape index (κ3) is 4.07. The fourth-order valence-corrected chi connectivity index (χ4v) is 2.72. The van der Waals surface area contributed by atoms with E-state index in [0.717, 1.165) is 32.2 Å². The molecule has 4 N–H and O–H groups in total. The van der Waals surface area contributed by atoms with Crippen molar-refractivity contribution >= 4 is 24.2 Å². The highest BCUT2D eigenvalue weighted by molar-refractivity contribution is 5.86. The quantitative estimate of drug-likeness (QED) is 0.686. The highest BCUT2D eigenvalue weighted by Crippen LogP contribution is 2.21. The Bertz CT molecular complexity index is 359. The van der Waals surface area contributed by atoms with E-state index < -0.39 is 17.6 Å². The molecule has 6 nitrogen and oxygen atoms in total. The van der Waals surface area contributed by atoms with E-state index in [1.54, 1.807) is 0 Å². The summed E-state index contributed by atoms with van der Waals surface area (Å²) in [5.74, 6) is -0.409. The van der Waals surface area contributed by atoms with Crippen molar-refractivity contribution in [2.24, 2.45) is 5.73 Å². The predicted molar refractivity (Wildman–Crippen MR) is 77.6 cm³/mol. The van der Waals surface area contributed by atoms with Crippen molar-refractivity contribution < 1.29 is 14.3 Å². The summed E-state index contributed by atoms with van der Waals surface area (Å²) in [7, 11) is 0. The normalized spacial score (nSPS) is 33.2. The third-order valence-electron chi connectivity index (χ3n) is 4.04. The van der Waals surface area contributed by atoms with Crippen LogP contribution in [0.15, 0.2) is 0 Å². The van der Waals surface area contributed by atoms with Crippen LogP contribution in [-0.4, -0.2) is 42.7 Å². The smallest absolute Gasteiger partial charge is 0.246 e. The molecular weight excluding hydrogens is 282 g/mol. The largest absolute Gasteiger partial charge is 0.367 e. The standard InChI is InChI=1S/C13H23N3O3.ClH/c1-13(6-2-3-7-16-13)12(18)15-8-9-4-5-10(19-9)11(14)17;/h9-10,16H,2-8H2,1H3,(H2,14,17)(H,15,18);1H. The molecule has 2 amide bonds. The Labute approximate surface area is 125 Å². The molecule has 7 heteroatoms.